The second-order valence-electron chi connectivity index (χ2n) is 5.96. The zero-order chi connectivity index (χ0) is 16.8. The normalized spacial score (nSPS) is 21.0. The summed E-state index contributed by atoms with van der Waals surface area (Å²) >= 11 is 0. The van der Waals surface area contributed by atoms with Crippen LogP contribution in [0.5, 0.6) is 0 Å². The van der Waals surface area contributed by atoms with E-state index in [0.717, 1.165) is 31.2 Å². The maximum Gasteiger partial charge on any atom is 0.291 e. The third-order valence-electron chi connectivity index (χ3n) is 3.81. The molecular formula is C16H21BN4O2. The lowest BCUT2D eigenvalue weighted by Gasteiger charge is -2.14. The molecule has 1 fully saturated rings. The van der Waals surface area contributed by atoms with Gasteiger partial charge in [-0.25, -0.2) is 4.98 Å². The van der Waals surface area contributed by atoms with Crippen molar-refractivity contribution in [2.45, 2.75) is 32.2 Å². The zero-order valence-electron chi connectivity index (χ0n) is 13.2. The maximum absolute atomic E-state index is 11.6. The van der Waals surface area contributed by atoms with E-state index in [1.54, 1.807) is 19.2 Å². The first-order valence-electron chi connectivity index (χ1n) is 7.68. The molecule has 1 heterocycles. The van der Waals surface area contributed by atoms with Gasteiger partial charge < -0.3 is 16.4 Å². The first kappa shape index (κ1) is 17.1. The summed E-state index contributed by atoms with van der Waals surface area (Å²) in [7, 11) is 5.61. The van der Waals surface area contributed by atoms with Crippen LogP contribution in [-0.4, -0.2) is 37.1 Å². The summed E-state index contributed by atoms with van der Waals surface area (Å²) in [6, 6.07) is 3.97. The van der Waals surface area contributed by atoms with Crippen molar-refractivity contribution in [1.29, 1.82) is 0 Å². The van der Waals surface area contributed by atoms with Crippen LogP contribution in [0.15, 0.2) is 30.1 Å². The van der Waals surface area contributed by atoms with Crippen LogP contribution in [0.2, 0.25) is 0 Å². The largest absolute Gasteiger partial charge is 0.402 e. The molecule has 7 heteroatoms. The van der Waals surface area contributed by atoms with Gasteiger partial charge in [0.25, 0.3) is 5.91 Å². The van der Waals surface area contributed by atoms with Crippen molar-refractivity contribution < 1.29 is 9.59 Å². The molecule has 0 saturated heterocycles. The van der Waals surface area contributed by atoms with Crippen LogP contribution in [0.4, 0.5) is 5.82 Å². The summed E-state index contributed by atoms with van der Waals surface area (Å²) in [5, 5.41) is 6.04. The molecular weight excluding hydrogens is 291 g/mol. The molecule has 6 nitrogen and oxygen atoms in total. The molecule has 0 aromatic carbocycles. The molecule has 1 aliphatic rings. The van der Waals surface area contributed by atoms with Crippen molar-refractivity contribution in [1.82, 2.24) is 10.3 Å². The monoisotopic (exact) mass is 312 g/mol. The number of rotatable bonds is 6. The minimum atomic E-state index is -0.608. The fraction of sp³-hybridized carbons (Fsp3) is 0.438. The Balaban J connectivity index is 1.75. The molecule has 2 atom stereocenters. The van der Waals surface area contributed by atoms with E-state index < -0.39 is 11.7 Å². The van der Waals surface area contributed by atoms with Gasteiger partial charge in [0, 0.05) is 30.6 Å². The smallest absolute Gasteiger partial charge is 0.291 e. The van der Waals surface area contributed by atoms with Gasteiger partial charge in [0.2, 0.25) is 5.78 Å². The number of carbonyl (C=O) groups is 2. The number of nitrogens with two attached hydrogens (primary N) is 1. The average Bonchev–Trinajstić information content (AvgIpc) is 2.94. The van der Waals surface area contributed by atoms with Crippen LogP contribution in [0.1, 0.15) is 26.2 Å². The van der Waals surface area contributed by atoms with Crippen molar-refractivity contribution in [2.24, 2.45) is 11.7 Å². The van der Waals surface area contributed by atoms with Gasteiger partial charge in [0.1, 0.15) is 13.7 Å². The third kappa shape index (κ3) is 5.43. The van der Waals surface area contributed by atoms with Gasteiger partial charge in [-0.3, -0.25) is 9.59 Å². The molecule has 4 N–H and O–H groups in total. The van der Waals surface area contributed by atoms with E-state index in [4.69, 9.17) is 13.6 Å². The van der Waals surface area contributed by atoms with Crippen LogP contribution in [0.3, 0.4) is 0 Å². The fourth-order valence-corrected chi connectivity index (χ4v) is 2.69. The second kappa shape index (κ2) is 7.81. The van der Waals surface area contributed by atoms with E-state index >= 15 is 0 Å². The highest BCUT2D eigenvalue weighted by Crippen LogP contribution is 2.27. The van der Waals surface area contributed by atoms with Gasteiger partial charge in [-0.15, -0.1) is 0 Å². The Hall–Kier alpha value is -2.31. The Morgan fingerprint density at radius 2 is 2.22 bits per heavy atom. The van der Waals surface area contributed by atoms with E-state index in [2.05, 4.69) is 15.6 Å². The summed E-state index contributed by atoms with van der Waals surface area (Å²) in [5.74, 6) is -0.0660. The predicted molar refractivity (Wildman–Crippen MR) is 90.3 cm³/mol. The number of ketones is 1. The van der Waals surface area contributed by atoms with Crippen LogP contribution in [-0.2, 0) is 9.59 Å². The van der Waals surface area contributed by atoms with E-state index in [-0.39, 0.29) is 0 Å². The number of carbonyl (C=O) groups excluding carboxylic acids is 2. The molecule has 23 heavy (non-hydrogen) atoms. The lowest BCUT2D eigenvalue weighted by atomic mass is 9.99. The first-order valence-corrected chi connectivity index (χ1v) is 7.68. The van der Waals surface area contributed by atoms with E-state index in [9.17, 15) is 9.59 Å². The molecule has 1 aromatic heterocycles. The number of pyridine rings is 1. The molecule has 2 radical (unpaired) electrons. The van der Waals surface area contributed by atoms with Crippen LogP contribution >= 0.6 is 0 Å². The minimum Gasteiger partial charge on any atom is -0.402 e. The summed E-state index contributed by atoms with van der Waals surface area (Å²) < 4.78 is 0. The molecule has 0 bridgehead atoms. The molecule has 0 unspecified atom stereocenters. The Bertz CT molecular complexity index is 597. The number of anilines is 1. The lowest BCUT2D eigenvalue weighted by Crippen LogP contribution is -2.34. The standard InChI is InChI=1S/C16H21BN4O2/c1-10(18)6-14(22)16(23)20-8-11-2-4-13(7-11)21-15-5-3-12(17)9-19-15/h3,5-6,9,11,13H,2,4,7-8,18H2,1H3,(H,19,21)(H,20,23)/b10-6-/t11-,13+/m1/s1. The Morgan fingerprint density at radius 3 is 2.87 bits per heavy atom. The van der Waals surface area contributed by atoms with Gasteiger partial charge in [-0.05, 0) is 38.2 Å². The van der Waals surface area contributed by atoms with Crippen LogP contribution in [0.25, 0.3) is 0 Å². The molecule has 1 saturated carbocycles. The summed E-state index contributed by atoms with van der Waals surface area (Å²) in [4.78, 5) is 27.4. The highest BCUT2D eigenvalue weighted by Gasteiger charge is 2.25. The number of hydrogen-bond acceptors (Lipinski definition) is 5. The van der Waals surface area contributed by atoms with E-state index in [0.29, 0.717) is 29.7 Å². The maximum atomic E-state index is 11.6. The summed E-state index contributed by atoms with van der Waals surface area (Å²) in [5.41, 5.74) is 6.35. The van der Waals surface area contributed by atoms with Crippen molar-refractivity contribution in [3.05, 3.63) is 30.1 Å². The predicted octanol–water partition coefficient (Wildman–Crippen LogP) is 0.00380. The molecule has 120 valence electrons. The van der Waals surface area contributed by atoms with Crippen LogP contribution < -0.4 is 21.8 Å². The highest BCUT2D eigenvalue weighted by atomic mass is 16.2. The molecule has 1 aliphatic carbocycles. The molecule has 1 amide bonds. The second-order valence-corrected chi connectivity index (χ2v) is 5.96. The number of nitrogens with zero attached hydrogens (tertiary/aromatic N) is 1. The number of hydrogen-bond donors (Lipinski definition) is 3. The molecule has 0 spiro atoms. The highest BCUT2D eigenvalue weighted by molar-refractivity contribution is 6.40. The lowest BCUT2D eigenvalue weighted by molar-refractivity contribution is -0.135. The Labute approximate surface area is 137 Å². The summed E-state index contributed by atoms with van der Waals surface area (Å²) in [6.07, 6.45) is 5.68. The number of amides is 1. The fourth-order valence-electron chi connectivity index (χ4n) is 2.69. The van der Waals surface area contributed by atoms with Crippen LogP contribution in [0, 0.1) is 5.92 Å². The van der Waals surface area contributed by atoms with E-state index in [1.807, 2.05) is 6.07 Å². The number of nitrogens with one attached hydrogen (secondary N) is 2. The third-order valence-corrected chi connectivity index (χ3v) is 3.81. The van der Waals surface area contributed by atoms with E-state index in [1.165, 1.54) is 0 Å². The summed E-state index contributed by atoms with van der Waals surface area (Å²) in [6.45, 7) is 2.07. The topological polar surface area (TPSA) is 97.1 Å². The van der Waals surface area contributed by atoms with Gasteiger partial charge in [-0.2, -0.15) is 0 Å². The minimum absolute atomic E-state index is 0.315. The Morgan fingerprint density at radius 1 is 1.43 bits per heavy atom. The van der Waals surface area contributed by atoms with Gasteiger partial charge in [0.05, 0.1) is 0 Å². The van der Waals surface area contributed by atoms with Crippen molar-refractivity contribution >= 4 is 30.8 Å². The quantitative estimate of drug-likeness (QED) is 0.390. The number of allylic oxidation sites excluding steroid dienone is 1. The molecule has 2 rings (SSSR count). The average molecular weight is 312 g/mol. The van der Waals surface area contributed by atoms with Gasteiger partial charge >= 0.3 is 0 Å². The molecule has 1 aromatic rings. The van der Waals surface area contributed by atoms with Crippen molar-refractivity contribution in [2.75, 3.05) is 11.9 Å². The van der Waals surface area contributed by atoms with Crippen molar-refractivity contribution in [3.63, 3.8) is 0 Å². The van der Waals surface area contributed by atoms with Gasteiger partial charge in [-0.1, -0.05) is 11.5 Å². The number of aromatic nitrogens is 1. The zero-order valence-corrected chi connectivity index (χ0v) is 13.2. The van der Waals surface area contributed by atoms with Gasteiger partial charge in [0.15, 0.2) is 0 Å². The Kier molecular flexibility index (Phi) is 5.79. The SMILES string of the molecule is [B]c1ccc(N[C@H]2CC[C@@H](CNC(=O)C(=O)/C=C(/C)N)C2)nc1. The van der Waals surface area contributed by atoms with Crippen molar-refractivity contribution in [3.8, 4) is 0 Å². The molecule has 0 aliphatic heterocycles. The first-order chi connectivity index (χ1) is 10.9.